The van der Waals surface area contributed by atoms with Crippen LogP contribution in [-0.2, 0) is 25.8 Å². The molecule has 208 valence electrons. The fourth-order valence-electron chi connectivity index (χ4n) is 8.44. The third-order valence-electron chi connectivity index (χ3n) is 11.9. The topological polar surface area (TPSA) is 44.8 Å². The van der Waals surface area contributed by atoms with E-state index in [0.717, 1.165) is 31.4 Å². The third kappa shape index (κ3) is 4.13. The van der Waals surface area contributed by atoms with Gasteiger partial charge in [-0.25, -0.2) is 0 Å². The summed E-state index contributed by atoms with van der Waals surface area (Å²) in [6, 6.07) is 2.26. The van der Waals surface area contributed by atoms with Gasteiger partial charge in [0.05, 0.1) is 13.2 Å². The number of carbonyl (C=O) groups excluding carboxylic acids is 1. The van der Waals surface area contributed by atoms with Crippen molar-refractivity contribution in [2.75, 3.05) is 7.11 Å². The summed E-state index contributed by atoms with van der Waals surface area (Å²) in [6.45, 7) is 27.5. The molecule has 0 heterocycles. The highest BCUT2D eigenvalue weighted by Crippen LogP contribution is 2.69. The molecule has 1 aromatic rings. The van der Waals surface area contributed by atoms with Crippen molar-refractivity contribution >= 4 is 14.3 Å². The molecule has 0 N–H and O–H groups in total. The molecule has 0 amide bonds. The Morgan fingerprint density at radius 3 is 2.19 bits per heavy atom. The van der Waals surface area contributed by atoms with Gasteiger partial charge in [0, 0.05) is 12.3 Å². The summed E-state index contributed by atoms with van der Waals surface area (Å²) in [5.74, 6) is 1.57. The van der Waals surface area contributed by atoms with Gasteiger partial charge in [-0.2, -0.15) is 0 Å². The van der Waals surface area contributed by atoms with Crippen LogP contribution in [0.1, 0.15) is 96.9 Å². The normalized spacial score (nSPS) is 34.8. The molecule has 0 aliphatic heterocycles. The summed E-state index contributed by atoms with van der Waals surface area (Å²) in [7, 11) is -0.161. The number of fused-ring (bicyclic) bond motifs is 5. The highest BCUT2D eigenvalue weighted by molar-refractivity contribution is 6.74. The average molecular weight is 529 g/mol. The predicted octanol–water partition coefficient (Wildman–Crippen LogP) is 7.91. The van der Waals surface area contributed by atoms with Crippen molar-refractivity contribution in [2.24, 2.45) is 22.7 Å². The average Bonchev–Trinajstić information content (AvgIpc) is 3.08. The number of benzene rings is 1. The first-order chi connectivity index (χ1) is 16.8. The molecule has 2 fully saturated rings. The van der Waals surface area contributed by atoms with Gasteiger partial charge in [0.15, 0.2) is 8.32 Å². The highest BCUT2D eigenvalue weighted by atomic mass is 28.4. The number of esters is 1. The van der Waals surface area contributed by atoms with Crippen LogP contribution in [0, 0.1) is 36.5 Å². The van der Waals surface area contributed by atoms with Crippen molar-refractivity contribution in [2.45, 2.75) is 131 Å². The van der Waals surface area contributed by atoms with E-state index in [1.54, 1.807) is 14.0 Å². The van der Waals surface area contributed by atoms with Crippen LogP contribution >= 0.6 is 0 Å². The van der Waals surface area contributed by atoms with Crippen LogP contribution in [0.3, 0.4) is 0 Å². The van der Waals surface area contributed by atoms with Gasteiger partial charge in [0.2, 0.25) is 0 Å². The van der Waals surface area contributed by atoms with Crippen molar-refractivity contribution in [3.8, 4) is 5.75 Å². The van der Waals surface area contributed by atoms with E-state index in [1.165, 1.54) is 22.3 Å². The van der Waals surface area contributed by atoms with Gasteiger partial charge in [0.25, 0.3) is 0 Å². The molecule has 5 heteroatoms. The first kappa shape index (κ1) is 28.7. The summed E-state index contributed by atoms with van der Waals surface area (Å²) in [5.41, 5.74) is 5.22. The number of rotatable bonds is 4. The molecule has 0 spiro atoms. The molecule has 3 aliphatic rings. The largest absolute Gasteiger partial charge is 0.496 e. The molecular weight excluding hydrogens is 476 g/mol. The van der Waals surface area contributed by atoms with Crippen LogP contribution in [0.15, 0.2) is 6.07 Å². The monoisotopic (exact) mass is 528 g/mol. The Morgan fingerprint density at radius 1 is 1.03 bits per heavy atom. The zero-order chi connectivity index (χ0) is 27.9. The van der Waals surface area contributed by atoms with Gasteiger partial charge >= 0.3 is 5.97 Å². The van der Waals surface area contributed by atoms with Crippen LogP contribution in [0.5, 0.6) is 5.75 Å². The summed E-state index contributed by atoms with van der Waals surface area (Å²) < 4.78 is 19.2. The molecule has 0 bridgehead atoms. The Hall–Kier alpha value is -1.33. The van der Waals surface area contributed by atoms with Crippen molar-refractivity contribution in [3.63, 3.8) is 0 Å². The first-order valence-corrected chi connectivity index (χ1v) is 17.3. The third-order valence-corrected chi connectivity index (χ3v) is 16.3. The van der Waals surface area contributed by atoms with E-state index in [2.05, 4.69) is 81.5 Å². The summed E-state index contributed by atoms with van der Waals surface area (Å²) in [5, 5.41) is 0.177. The zero-order valence-corrected chi connectivity index (χ0v) is 26.8. The van der Waals surface area contributed by atoms with E-state index >= 15 is 0 Å². The van der Waals surface area contributed by atoms with Crippen molar-refractivity contribution in [1.29, 1.82) is 0 Å². The quantitative estimate of drug-likeness (QED) is 0.294. The van der Waals surface area contributed by atoms with Gasteiger partial charge in [-0.3, -0.25) is 4.79 Å². The summed E-state index contributed by atoms with van der Waals surface area (Å²) in [4.78, 5) is 12.5. The lowest BCUT2D eigenvalue weighted by molar-refractivity contribution is -0.194. The van der Waals surface area contributed by atoms with Crippen LogP contribution in [-0.4, -0.2) is 33.6 Å². The van der Waals surface area contributed by atoms with Gasteiger partial charge in [-0.1, -0.05) is 48.5 Å². The second-order valence-electron chi connectivity index (χ2n) is 15.0. The predicted molar refractivity (Wildman–Crippen MR) is 154 cm³/mol. The molecule has 0 unspecified atom stereocenters. The molecule has 0 aromatic heterocycles. The molecule has 4 nitrogen and oxygen atoms in total. The summed E-state index contributed by atoms with van der Waals surface area (Å²) >= 11 is 0. The fourth-order valence-corrected chi connectivity index (χ4v) is 9.93. The van der Waals surface area contributed by atoms with Gasteiger partial charge in [-0.15, -0.1) is 0 Å². The maximum absolute atomic E-state index is 12.5. The van der Waals surface area contributed by atoms with Gasteiger partial charge in [-0.05, 0) is 109 Å². The van der Waals surface area contributed by atoms with Crippen LogP contribution in [0.25, 0.3) is 0 Å². The maximum Gasteiger partial charge on any atom is 0.302 e. The first-order valence-electron chi connectivity index (χ1n) is 14.3. The molecule has 4 rings (SSSR count). The van der Waals surface area contributed by atoms with E-state index in [9.17, 15) is 4.79 Å². The molecule has 37 heavy (non-hydrogen) atoms. The second kappa shape index (κ2) is 8.84. The molecular formula is C32H52O4Si. The Kier molecular flexibility index (Phi) is 6.85. The van der Waals surface area contributed by atoms with Gasteiger partial charge < -0.3 is 13.9 Å². The Balaban J connectivity index is 1.82. The molecule has 0 saturated heterocycles. The standard InChI is InChI=1S/C32H52O4Si/c1-19-20(2)24(34-11)17-23-22(19)16-26-31(9)15-14-27(36-37(12,13)29(4,5)6)30(7,8)25(31)18-28(32(23,26)10)35-21(3)33/h17,25-28H,14-16,18H2,1-13H3/t25-,26+,27-,28-,31-,32-/m0/s1. The lowest BCUT2D eigenvalue weighted by Gasteiger charge is -2.65. The van der Waals surface area contributed by atoms with Crippen LogP contribution < -0.4 is 4.74 Å². The minimum atomic E-state index is -1.92. The van der Waals surface area contributed by atoms with Gasteiger partial charge in [0.1, 0.15) is 11.9 Å². The molecule has 6 atom stereocenters. The van der Waals surface area contributed by atoms with E-state index < -0.39 is 8.32 Å². The fraction of sp³-hybridized carbons (Fsp3) is 0.781. The minimum Gasteiger partial charge on any atom is -0.496 e. The number of methoxy groups -OCH3 is 1. The number of carbonyl (C=O) groups is 1. The summed E-state index contributed by atoms with van der Waals surface area (Å²) in [6.07, 6.45) is 4.22. The van der Waals surface area contributed by atoms with Crippen molar-refractivity contribution < 1.29 is 18.7 Å². The second-order valence-corrected chi connectivity index (χ2v) is 19.8. The molecule has 2 saturated carbocycles. The Labute approximate surface area is 227 Å². The maximum atomic E-state index is 12.5. The SMILES string of the molecule is COc1cc2c(c(C)c1C)C[C@@H]1[C@@]3(C)CC[C@H](O[Si](C)(C)C(C)(C)C)C(C)(C)[C@@H]3C[C@H](OC(C)=O)[C@@]21C. The number of ether oxygens (including phenoxy) is 2. The van der Waals surface area contributed by atoms with Crippen LogP contribution in [0.4, 0.5) is 0 Å². The van der Waals surface area contributed by atoms with Crippen molar-refractivity contribution in [1.82, 2.24) is 0 Å². The molecule has 3 aliphatic carbocycles. The number of hydrogen-bond donors (Lipinski definition) is 0. The molecule has 0 radical (unpaired) electrons. The zero-order valence-electron chi connectivity index (χ0n) is 25.8. The number of hydrogen-bond acceptors (Lipinski definition) is 4. The van der Waals surface area contributed by atoms with Crippen LogP contribution in [0.2, 0.25) is 18.1 Å². The van der Waals surface area contributed by atoms with E-state index in [1.807, 2.05) is 0 Å². The van der Waals surface area contributed by atoms with Crippen molar-refractivity contribution in [3.05, 3.63) is 28.3 Å². The lowest BCUT2D eigenvalue weighted by atomic mass is 9.42. The lowest BCUT2D eigenvalue weighted by Crippen LogP contribution is -2.65. The Bertz CT molecular complexity index is 1080. The highest BCUT2D eigenvalue weighted by Gasteiger charge is 2.67. The smallest absolute Gasteiger partial charge is 0.302 e. The minimum absolute atomic E-state index is 0.0142. The van der Waals surface area contributed by atoms with E-state index in [0.29, 0.717) is 11.8 Å². The Morgan fingerprint density at radius 2 is 1.65 bits per heavy atom. The molecule has 1 aromatic carbocycles. The van der Waals surface area contributed by atoms with E-state index in [-0.39, 0.29) is 39.5 Å². The van der Waals surface area contributed by atoms with E-state index in [4.69, 9.17) is 13.9 Å².